The molecule has 25 heavy (non-hydrogen) atoms. The van der Waals surface area contributed by atoms with Gasteiger partial charge in [0.1, 0.15) is 11.6 Å². The van der Waals surface area contributed by atoms with Crippen molar-refractivity contribution in [2.45, 2.75) is 33.1 Å². The van der Waals surface area contributed by atoms with Gasteiger partial charge in [0.05, 0.1) is 22.8 Å². The zero-order valence-electron chi connectivity index (χ0n) is 14.3. The topological polar surface area (TPSA) is 43.4 Å². The van der Waals surface area contributed by atoms with Crippen LogP contribution in [0.2, 0.25) is 5.02 Å². The van der Waals surface area contributed by atoms with Gasteiger partial charge in [-0.1, -0.05) is 31.0 Å². The van der Waals surface area contributed by atoms with Crippen molar-refractivity contribution in [3.05, 3.63) is 62.9 Å². The van der Waals surface area contributed by atoms with Gasteiger partial charge >= 0.3 is 0 Å². The number of benzene rings is 2. The fourth-order valence-electron chi connectivity index (χ4n) is 2.53. The predicted octanol–water partition coefficient (Wildman–Crippen LogP) is 5.18. The SMILES string of the molecule is CCCCOc1c(C=O)cc(Cc2ccc(C=O)c(F)c2)c(C)c1Cl. The lowest BCUT2D eigenvalue weighted by atomic mass is 9.97. The van der Waals surface area contributed by atoms with Crippen molar-refractivity contribution in [2.24, 2.45) is 0 Å². The molecule has 132 valence electrons. The van der Waals surface area contributed by atoms with Crippen LogP contribution < -0.4 is 4.74 Å². The molecule has 2 aromatic rings. The molecular formula is C20H20ClFO3. The molecule has 0 aliphatic carbocycles. The van der Waals surface area contributed by atoms with Crippen LogP contribution in [-0.2, 0) is 6.42 Å². The molecule has 3 nitrogen and oxygen atoms in total. The molecule has 0 fully saturated rings. The van der Waals surface area contributed by atoms with Gasteiger partial charge in [-0.25, -0.2) is 4.39 Å². The third kappa shape index (κ3) is 4.45. The van der Waals surface area contributed by atoms with Crippen molar-refractivity contribution >= 4 is 24.2 Å². The molecular weight excluding hydrogens is 343 g/mol. The third-order valence-electron chi connectivity index (χ3n) is 4.06. The smallest absolute Gasteiger partial charge is 0.153 e. The minimum Gasteiger partial charge on any atom is -0.491 e. The van der Waals surface area contributed by atoms with Gasteiger partial charge in [0.25, 0.3) is 0 Å². The monoisotopic (exact) mass is 362 g/mol. The van der Waals surface area contributed by atoms with Crippen LogP contribution >= 0.6 is 11.6 Å². The van der Waals surface area contributed by atoms with E-state index in [1.54, 1.807) is 12.1 Å². The highest BCUT2D eigenvalue weighted by molar-refractivity contribution is 6.33. The number of unbranched alkanes of at least 4 members (excludes halogenated alkanes) is 1. The van der Waals surface area contributed by atoms with E-state index in [1.165, 1.54) is 12.1 Å². The number of hydrogen-bond donors (Lipinski definition) is 0. The van der Waals surface area contributed by atoms with Gasteiger partial charge in [-0.3, -0.25) is 9.59 Å². The van der Waals surface area contributed by atoms with Crippen LogP contribution in [0.3, 0.4) is 0 Å². The average Bonchev–Trinajstić information content (AvgIpc) is 2.61. The minimum absolute atomic E-state index is 0.0201. The van der Waals surface area contributed by atoms with Crippen LogP contribution in [0.15, 0.2) is 24.3 Å². The lowest BCUT2D eigenvalue weighted by molar-refractivity contribution is 0.111. The lowest BCUT2D eigenvalue weighted by Crippen LogP contribution is -2.04. The Hall–Kier alpha value is -2.20. The highest BCUT2D eigenvalue weighted by Crippen LogP contribution is 2.35. The molecule has 0 spiro atoms. The summed E-state index contributed by atoms with van der Waals surface area (Å²) >= 11 is 6.40. The first-order chi connectivity index (χ1) is 12.0. The quantitative estimate of drug-likeness (QED) is 0.480. The first-order valence-corrected chi connectivity index (χ1v) is 8.53. The van der Waals surface area contributed by atoms with E-state index in [0.717, 1.165) is 24.0 Å². The second-order valence-electron chi connectivity index (χ2n) is 5.86. The Balaban J connectivity index is 2.35. The Labute approximate surface area is 151 Å². The summed E-state index contributed by atoms with van der Waals surface area (Å²) in [5, 5.41) is 0.403. The van der Waals surface area contributed by atoms with Gasteiger partial charge in [0.2, 0.25) is 0 Å². The number of halogens is 2. The summed E-state index contributed by atoms with van der Waals surface area (Å²) in [4.78, 5) is 22.1. The molecule has 0 aliphatic heterocycles. The Morgan fingerprint density at radius 2 is 1.88 bits per heavy atom. The van der Waals surface area contributed by atoms with Gasteiger partial charge in [-0.2, -0.15) is 0 Å². The normalized spacial score (nSPS) is 10.6. The fourth-order valence-corrected chi connectivity index (χ4v) is 2.82. The summed E-state index contributed by atoms with van der Waals surface area (Å²) < 4.78 is 19.5. The molecule has 0 radical (unpaired) electrons. The molecule has 0 saturated carbocycles. The summed E-state index contributed by atoms with van der Waals surface area (Å²) in [6.07, 6.45) is 3.45. The molecule has 0 aromatic heterocycles. The van der Waals surface area contributed by atoms with E-state index in [0.29, 0.717) is 47.5 Å². The third-order valence-corrected chi connectivity index (χ3v) is 4.51. The van der Waals surface area contributed by atoms with Crippen molar-refractivity contribution < 1.29 is 18.7 Å². The highest BCUT2D eigenvalue weighted by Gasteiger charge is 2.16. The number of hydrogen-bond acceptors (Lipinski definition) is 3. The molecule has 2 aromatic carbocycles. The van der Waals surface area contributed by atoms with Crippen molar-refractivity contribution in [3.63, 3.8) is 0 Å². The van der Waals surface area contributed by atoms with Gasteiger partial charge in [-0.05, 0) is 54.7 Å². The molecule has 5 heteroatoms. The van der Waals surface area contributed by atoms with E-state index in [9.17, 15) is 14.0 Å². The number of carbonyl (C=O) groups is 2. The number of rotatable bonds is 8. The molecule has 0 unspecified atom stereocenters. The highest BCUT2D eigenvalue weighted by atomic mass is 35.5. The second kappa shape index (κ2) is 8.77. The maximum atomic E-state index is 13.8. The van der Waals surface area contributed by atoms with E-state index < -0.39 is 5.82 Å². The average molecular weight is 363 g/mol. The molecule has 2 rings (SSSR count). The van der Waals surface area contributed by atoms with Crippen LogP contribution in [0.25, 0.3) is 0 Å². The summed E-state index contributed by atoms with van der Waals surface area (Å²) in [7, 11) is 0. The lowest BCUT2D eigenvalue weighted by Gasteiger charge is -2.16. The maximum Gasteiger partial charge on any atom is 0.153 e. The van der Waals surface area contributed by atoms with Crippen LogP contribution in [-0.4, -0.2) is 19.2 Å². The molecule has 0 heterocycles. The molecule has 0 saturated heterocycles. The van der Waals surface area contributed by atoms with Gasteiger partial charge in [0, 0.05) is 0 Å². The number of carbonyl (C=O) groups excluding carboxylic acids is 2. The zero-order chi connectivity index (χ0) is 18.4. The van der Waals surface area contributed by atoms with Crippen molar-refractivity contribution in [1.82, 2.24) is 0 Å². The van der Waals surface area contributed by atoms with Gasteiger partial charge < -0.3 is 4.74 Å². The van der Waals surface area contributed by atoms with Crippen LogP contribution in [0.5, 0.6) is 5.75 Å². The van der Waals surface area contributed by atoms with Gasteiger partial charge in [-0.15, -0.1) is 0 Å². The number of aldehydes is 2. The molecule has 0 aliphatic rings. The fraction of sp³-hybridized carbons (Fsp3) is 0.300. The zero-order valence-corrected chi connectivity index (χ0v) is 15.0. The Bertz CT molecular complexity index is 787. The van der Waals surface area contributed by atoms with Crippen LogP contribution in [0.1, 0.15) is 57.2 Å². The Kier molecular flexibility index (Phi) is 6.71. The van der Waals surface area contributed by atoms with E-state index in [4.69, 9.17) is 16.3 Å². The van der Waals surface area contributed by atoms with Crippen molar-refractivity contribution in [2.75, 3.05) is 6.61 Å². The van der Waals surface area contributed by atoms with E-state index >= 15 is 0 Å². The Morgan fingerprint density at radius 3 is 2.48 bits per heavy atom. The predicted molar refractivity (Wildman–Crippen MR) is 96.6 cm³/mol. The van der Waals surface area contributed by atoms with E-state index in [-0.39, 0.29) is 5.56 Å². The van der Waals surface area contributed by atoms with Crippen LogP contribution in [0, 0.1) is 12.7 Å². The number of ether oxygens (including phenoxy) is 1. The summed E-state index contributed by atoms with van der Waals surface area (Å²) in [6.45, 7) is 4.39. The van der Waals surface area contributed by atoms with Crippen molar-refractivity contribution in [3.8, 4) is 5.75 Å². The van der Waals surface area contributed by atoms with Crippen molar-refractivity contribution in [1.29, 1.82) is 0 Å². The molecule has 0 atom stereocenters. The first kappa shape index (κ1) is 19.1. The Morgan fingerprint density at radius 1 is 1.16 bits per heavy atom. The van der Waals surface area contributed by atoms with Crippen LogP contribution in [0.4, 0.5) is 4.39 Å². The van der Waals surface area contributed by atoms with E-state index in [1.807, 2.05) is 6.92 Å². The summed E-state index contributed by atoms with van der Waals surface area (Å²) in [5.41, 5.74) is 2.70. The minimum atomic E-state index is -0.564. The molecule has 0 bridgehead atoms. The molecule has 0 N–H and O–H groups in total. The van der Waals surface area contributed by atoms with E-state index in [2.05, 4.69) is 6.92 Å². The molecule has 0 amide bonds. The standard InChI is InChI=1S/C20H20ClFO3/c1-3-4-7-25-20-17(12-24)10-16(13(2)19(20)21)8-14-5-6-15(11-23)18(22)9-14/h5-6,9-12H,3-4,7-8H2,1-2H3. The van der Waals surface area contributed by atoms with Gasteiger partial charge in [0.15, 0.2) is 12.6 Å². The largest absolute Gasteiger partial charge is 0.491 e. The summed E-state index contributed by atoms with van der Waals surface area (Å²) in [5.74, 6) is -0.166. The first-order valence-electron chi connectivity index (χ1n) is 8.15. The second-order valence-corrected chi connectivity index (χ2v) is 6.24. The maximum absolute atomic E-state index is 13.8. The summed E-state index contributed by atoms with van der Waals surface area (Å²) in [6, 6.07) is 6.17.